The summed E-state index contributed by atoms with van der Waals surface area (Å²) in [6.45, 7) is 0. The Kier molecular flexibility index (Phi) is 5.11. The number of aromatic nitrogens is 1. The third-order valence-electron chi connectivity index (χ3n) is 5.55. The van der Waals surface area contributed by atoms with Crippen molar-refractivity contribution in [3.05, 3.63) is 58.4 Å². The van der Waals surface area contributed by atoms with Crippen LogP contribution in [0.25, 0.3) is 10.9 Å². The number of rotatable bonds is 5. The summed E-state index contributed by atoms with van der Waals surface area (Å²) in [4.78, 5) is 14.1. The quantitative estimate of drug-likeness (QED) is 0.661. The lowest BCUT2D eigenvalue weighted by atomic mass is 9.92. The zero-order valence-electron chi connectivity index (χ0n) is 15.3. The van der Waals surface area contributed by atoms with Gasteiger partial charge in [-0.3, -0.25) is 4.79 Å². The number of hydrogen-bond donors (Lipinski definition) is 1. The van der Waals surface area contributed by atoms with Crippen molar-refractivity contribution in [1.29, 1.82) is 0 Å². The van der Waals surface area contributed by atoms with Crippen LogP contribution in [0.3, 0.4) is 0 Å². The number of fused-ring (bicyclic) bond motifs is 1. The van der Waals surface area contributed by atoms with Crippen molar-refractivity contribution >= 4 is 28.1 Å². The molecule has 1 unspecified atom stereocenters. The molecular formula is C22H26N2OS. The zero-order valence-corrected chi connectivity index (χ0v) is 16.1. The van der Waals surface area contributed by atoms with Gasteiger partial charge in [-0.05, 0) is 35.9 Å². The average molecular weight is 367 g/mol. The normalized spacial score (nSPS) is 16.7. The summed E-state index contributed by atoms with van der Waals surface area (Å²) in [7, 11) is 2.08. The van der Waals surface area contributed by atoms with Gasteiger partial charge in [0.15, 0.2) is 0 Å². The second-order valence-corrected chi connectivity index (χ2v) is 8.37. The lowest BCUT2D eigenvalue weighted by Gasteiger charge is -2.24. The Balaban J connectivity index is 1.61. The van der Waals surface area contributed by atoms with Crippen LogP contribution < -0.4 is 5.32 Å². The molecule has 26 heavy (non-hydrogen) atoms. The molecule has 3 nitrogen and oxygen atoms in total. The van der Waals surface area contributed by atoms with E-state index in [-0.39, 0.29) is 11.8 Å². The standard InChI is InChI=1S/C22H26N2OS/c1-24-15-19(17-10-5-6-11-20(17)24)18(21-12-7-13-26-21)14-22(25)23-16-8-3-2-4-9-16/h5-7,10-13,15-16,18H,2-4,8-9,14H2,1H3,(H,23,25). The highest BCUT2D eigenvalue weighted by Crippen LogP contribution is 2.36. The molecule has 136 valence electrons. The third-order valence-corrected chi connectivity index (χ3v) is 6.54. The molecule has 1 aliphatic rings. The Labute approximate surface area is 159 Å². The number of para-hydroxylation sites is 1. The minimum atomic E-state index is 0.115. The molecule has 1 aromatic carbocycles. The average Bonchev–Trinajstić information content (AvgIpc) is 3.30. The number of carbonyl (C=O) groups excluding carboxylic acids is 1. The highest BCUT2D eigenvalue weighted by atomic mass is 32.1. The van der Waals surface area contributed by atoms with Crippen LogP contribution in [-0.4, -0.2) is 16.5 Å². The Morgan fingerprint density at radius 3 is 2.77 bits per heavy atom. The molecule has 1 aliphatic carbocycles. The van der Waals surface area contributed by atoms with E-state index in [1.807, 2.05) is 0 Å². The highest BCUT2D eigenvalue weighted by molar-refractivity contribution is 7.10. The lowest BCUT2D eigenvalue weighted by molar-refractivity contribution is -0.122. The topological polar surface area (TPSA) is 34.0 Å². The predicted octanol–water partition coefficient (Wildman–Crippen LogP) is 5.21. The Morgan fingerprint density at radius 1 is 1.19 bits per heavy atom. The van der Waals surface area contributed by atoms with Crippen molar-refractivity contribution in [3.63, 3.8) is 0 Å². The van der Waals surface area contributed by atoms with Gasteiger partial charge in [0, 0.05) is 47.4 Å². The van der Waals surface area contributed by atoms with Crippen molar-refractivity contribution < 1.29 is 4.79 Å². The summed E-state index contributed by atoms with van der Waals surface area (Å²) in [6, 6.07) is 13.1. The molecule has 1 saturated carbocycles. The van der Waals surface area contributed by atoms with Crippen molar-refractivity contribution in [2.75, 3.05) is 0 Å². The van der Waals surface area contributed by atoms with Crippen LogP contribution in [0, 0.1) is 0 Å². The number of carbonyl (C=O) groups is 1. The van der Waals surface area contributed by atoms with E-state index < -0.39 is 0 Å². The summed E-state index contributed by atoms with van der Waals surface area (Å²) in [6.07, 6.45) is 8.76. The third kappa shape index (κ3) is 3.56. The number of benzene rings is 1. The van der Waals surface area contributed by atoms with E-state index in [1.54, 1.807) is 11.3 Å². The van der Waals surface area contributed by atoms with Crippen LogP contribution in [0.5, 0.6) is 0 Å². The van der Waals surface area contributed by atoms with Gasteiger partial charge in [0.05, 0.1) is 0 Å². The Bertz CT molecular complexity index is 875. The number of nitrogens with one attached hydrogen (secondary N) is 1. The van der Waals surface area contributed by atoms with E-state index in [0.717, 1.165) is 12.8 Å². The van der Waals surface area contributed by atoms with Crippen LogP contribution in [0.4, 0.5) is 0 Å². The fraction of sp³-hybridized carbons (Fsp3) is 0.409. The van der Waals surface area contributed by atoms with Gasteiger partial charge in [-0.25, -0.2) is 0 Å². The van der Waals surface area contributed by atoms with Crippen molar-refractivity contribution in [2.45, 2.75) is 50.5 Å². The van der Waals surface area contributed by atoms with Gasteiger partial charge in [0.25, 0.3) is 0 Å². The molecule has 1 amide bonds. The van der Waals surface area contributed by atoms with Crippen molar-refractivity contribution in [3.8, 4) is 0 Å². The first-order valence-electron chi connectivity index (χ1n) is 9.59. The molecule has 1 fully saturated rings. The maximum atomic E-state index is 12.8. The summed E-state index contributed by atoms with van der Waals surface area (Å²) in [5.74, 6) is 0.299. The SMILES string of the molecule is Cn1cc(C(CC(=O)NC2CCCCC2)c2cccs2)c2ccccc21. The molecule has 1 atom stereocenters. The molecule has 2 heterocycles. The van der Waals surface area contributed by atoms with Gasteiger partial charge in [0.1, 0.15) is 0 Å². The highest BCUT2D eigenvalue weighted by Gasteiger charge is 2.24. The smallest absolute Gasteiger partial charge is 0.221 e. The second kappa shape index (κ2) is 7.67. The monoisotopic (exact) mass is 366 g/mol. The molecule has 1 N–H and O–H groups in total. The number of hydrogen-bond acceptors (Lipinski definition) is 2. The molecule has 0 radical (unpaired) electrons. The van der Waals surface area contributed by atoms with Gasteiger partial charge in [-0.1, -0.05) is 43.5 Å². The molecule has 0 bridgehead atoms. The molecule has 2 aromatic heterocycles. The minimum absolute atomic E-state index is 0.115. The van der Waals surface area contributed by atoms with Gasteiger partial charge >= 0.3 is 0 Å². The molecule has 0 aliphatic heterocycles. The first-order chi connectivity index (χ1) is 12.7. The second-order valence-electron chi connectivity index (χ2n) is 7.39. The van der Waals surface area contributed by atoms with Crippen LogP contribution in [-0.2, 0) is 11.8 Å². The molecule has 0 saturated heterocycles. The summed E-state index contributed by atoms with van der Waals surface area (Å²) in [5.41, 5.74) is 2.47. The van der Waals surface area contributed by atoms with Gasteiger partial charge in [-0.15, -0.1) is 11.3 Å². The molecule has 0 spiro atoms. The maximum absolute atomic E-state index is 12.8. The fourth-order valence-corrected chi connectivity index (χ4v) is 5.07. The first kappa shape index (κ1) is 17.3. The van der Waals surface area contributed by atoms with E-state index >= 15 is 0 Å². The first-order valence-corrected chi connectivity index (χ1v) is 10.5. The van der Waals surface area contributed by atoms with E-state index in [4.69, 9.17) is 0 Å². The number of aryl methyl sites for hydroxylation is 1. The molecular weight excluding hydrogens is 340 g/mol. The molecule has 4 heteroatoms. The van der Waals surface area contributed by atoms with Crippen LogP contribution >= 0.6 is 11.3 Å². The molecule has 3 aromatic rings. The van der Waals surface area contributed by atoms with E-state index in [9.17, 15) is 4.79 Å². The van der Waals surface area contributed by atoms with E-state index in [2.05, 4.69) is 64.9 Å². The van der Waals surface area contributed by atoms with Crippen LogP contribution in [0.15, 0.2) is 48.0 Å². The Morgan fingerprint density at radius 2 is 2.00 bits per heavy atom. The van der Waals surface area contributed by atoms with Crippen LogP contribution in [0.2, 0.25) is 0 Å². The largest absolute Gasteiger partial charge is 0.353 e. The summed E-state index contributed by atoms with van der Waals surface area (Å²) < 4.78 is 2.17. The summed E-state index contributed by atoms with van der Waals surface area (Å²) in [5, 5.41) is 6.65. The predicted molar refractivity (Wildman–Crippen MR) is 109 cm³/mol. The maximum Gasteiger partial charge on any atom is 0.221 e. The van der Waals surface area contributed by atoms with Gasteiger partial charge in [-0.2, -0.15) is 0 Å². The van der Waals surface area contributed by atoms with Crippen molar-refractivity contribution in [2.24, 2.45) is 7.05 Å². The van der Waals surface area contributed by atoms with E-state index in [0.29, 0.717) is 12.5 Å². The number of amides is 1. The van der Waals surface area contributed by atoms with Crippen molar-refractivity contribution in [1.82, 2.24) is 9.88 Å². The fourth-order valence-electron chi connectivity index (χ4n) is 4.22. The summed E-state index contributed by atoms with van der Waals surface area (Å²) >= 11 is 1.74. The lowest BCUT2D eigenvalue weighted by Crippen LogP contribution is -2.36. The number of nitrogens with zero attached hydrogens (tertiary/aromatic N) is 1. The van der Waals surface area contributed by atoms with Crippen LogP contribution in [0.1, 0.15) is 54.9 Å². The van der Waals surface area contributed by atoms with E-state index in [1.165, 1.54) is 40.6 Å². The molecule has 4 rings (SSSR count). The zero-order chi connectivity index (χ0) is 17.9. The van der Waals surface area contributed by atoms with Gasteiger partial charge < -0.3 is 9.88 Å². The minimum Gasteiger partial charge on any atom is -0.353 e. The number of thiophene rings is 1. The van der Waals surface area contributed by atoms with Gasteiger partial charge in [0.2, 0.25) is 5.91 Å². The Hall–Kier alpha value is -2.07.